The zero-order valence-electron chi connectivity index (χ0n) is 17.3. The number of hydrogen-bond acceptors (Lipinski definition) is 6. The van der Waals surface area contributed by atoms with Gasteiger partial charge >= 0.3 is 0 Å². The topological polar surface area (TPSA) is 60.4 Å². The molecule has 1 aliphatic heterocycles. The Kier molecular flexibility index (Phi) is 7.11. The first kappa shape index (κ1) is 20.7. The minimum Gasteiger partial charge on any atom is -0.497 e. The Morgan fingerprint density at radius 1 is 0.931 bits per heavy atom. The van der Waals surface area contributed by atoms with Gasteiger partial charge in [0.1, 0.15) is 11.6 Å². The van der Waals surface area contributed by atoms with Crippen LogP contribution in [-0.4, -0.2) is 46.0 Å². The summed E-state index contributed by atoms with van der Waals surface area (Å²) in [5, 5.41) is 0. The van der Waals surface area contributed by atoms with Crippen molar-refractivity contribution < 1.29 is 19.0 Å². The minimum absolute atomic E-state index is 0.00582. The van der Waals surface area contributed by atoms with E-state index >= 15 is 0 Å². The van der Waals surface area contributed by atoms with Crippen molar-refractivity contribution in [3.05, 3.63) is 48.0 Å². The summed E-state index contributed by atoms with van der Waals surface area (Å²) in [7, 11) is 4.79. The van der Waals surface area contributed by atoms with E-state index in [1.54, 1.807) is 39.5 Å². The average Bonchev–Trinajstić information content (AvgIpc) is 3.06. The fourth-order valence-corrected chi connectivity index (χ4v) is 3.42. The zero-order chi connectivity index (χ0) is 20.6. The molecule has 0 saturated carbocycles. The largest absolute Gasteiger partial charge is 0.497 e. The van der Waals surface area contributed by atoms with Crippen LogP contribution in [0.3, 0.4) is 0 Å². The molecule has 2 aromatic rings. The molecule has 6 heteroatoms. The minimum atomic E-state index is -0.00582. The molecule has 0 N–H and O–H groups in total. The molecule has 0 aliphatic carbocycles. The van der Waals surface area contributed by atoms with Crippen molar-refractivity contribution >= 4 is 17.3 Å². The van der Waals surface area contributed by atoms with Crippen LogP contribution < -0.4 is 19.1 Å². The highest BCUT2D eigenvalue weighted by atomic mass is 16.5. The molecule has 0 spiro atoms. The van der Waals surface area contributed by atoms with Crippen LogP contribution in [0, 0.1) is 0 Å². The van der Waals surface area contributed by atoms with Gasteiger partial charge in [-0.15, -0.1) is 0 Å². The lowest BCUT2D eigenvalue weighted by molar-refractivity contribution is 0.100. The number of carbonyl (C=O) groups excluding carboxylic acids is 1. The average molecular weight is 396 g/mol. The lowest BCUT2D eigenvalue weighted by Crippen LogP contribution is -2.36. The summed E-state index contributed by atoms with van der Waals surface area (Å²) < 4.78 is 15.9. The van der Waals surface area contributed by atoms with Crippen molar-refractivity contribution in [2.75, 3.05) is 39.3 Å². The van der Waals surface area contributed by atoms with Crippen LogP contribution >= 0.6 is 0 Å². The highest BCUT2D eigenvalue weighted by molar-refractivity contribution is 6.07. The van der Waals surface area contributed by atoms with Crippen LogP contribution in [0.5, 0.6) is 17.2 Å². The molecular weight excluding hydrogens is 368 g/mol. The van der Waals surface area contributed by atoms with Crippen LogP contribution in [-0.2, 0) is 0 Å². The molecule has 0 atom stereocenters. The predicted octanol–water partition coefficient (Wildman–Crippen LogP) is 4.37. The molecule has 1 heterocycles. The van der Waals surface area contributed by atoms with Gasteiger partial charge in [-0.25, -0.2) is 0 Å². The Bertz CT molecular complexity index is 862. The SMILES string of the molecule is COc1ccc(N(CC(=O)c2ccc(OC)c(OC)c2)C2=NCCCCC2)cc1. The number of carbonyl (C=O) groups is 1. The second-order valence-electron chi connectivity index (χ2n) is 6.89. The fraction of sp³-hybridized carbons (Fsp3) is 0.391. The van der Waals surface area contributed by atoms with Gasteiger partial charge in [0, 0.05) is 24.2 Å². The fourth-order valence-electron chi connectivity index (χ4n) is 3.42. The van der Waals surface area contributed by atoms with Crippen molar-refractivity contribution in [3.63, 3.8) is 0 Å². The molecule has 0 aromatic heterocycles. The van der Waals surface area contributed by atoms with E-state index in [0.717, 1.165) is 49.5 Å². The van der Waals surface area contributed by atoms with Crippen LogP contribution in [0.25, 0.3) is 0 Å². The summed E-state index contributed by atoms with van der Waals surface area (Å²) in [4.78, 5) is 19.9. The van der Waals surface area contributed by atoms with Gasteiger partial charge in [-0.1, -0.05) is 6.42 Å². The second kappa shape index (κ2) is 9.96. The Hall–Kier alpha value is -3.02. The van der Waals surface area contributed by atoms with Gasteiger partial charge in [0.15, 0.2) is 17.3 Å². The lowest BCUT2D eigenvalue weighted by atomic mass is 10.1. The van der Waals surface area contributed by atoms with Gasteiger partial charge < -0.3 is 19.1 Å². The third kappa shape index (κ3) is 5.08. The third-order valence-electron chi connectivity index (χ3n) is 5.06. The number of Topliss-reactive ketones (excluding diaryl/α,β-unsaturated/α-hetero) is 1. The number of amidine groups is 1. The van der Waals surface area contributed by atoms with Crippen LogP contribution in [0.1, 0.15) is 36.0 Å². The standard InChI is InChI=1S/C23H28N2O4/c1-27-19-11-9-18(10-12-19)25(23-7-5-4-6-14-24-23)16-20(26)17-8-13-21(28-2)22(15-17)29-3/h8-13,15H,4-7,14,16H2,1-3H3. The van der Waals surface area contributed by atoms with Crippen LogP contribution in [0.4, 0.5) is 5.69 Å². The Labute approximate surface area is 172 Å². The van der Waals surface area contributed by atoms with E-state index in [1.165, 1.54) is 0 Å². The van der Waals surface area contributed by atoms with Crippen LogP contribution in [0.2, 0.25) is 0 Å². The van der Waals surface area contributed by atoms with Crippen molar-refractivity contribution in [3.8, 4) is 17.2 Å². The summed E-state index contributed by atoms with van der Waals surface area (Å²) in [6.45, 7) is 1.01. The molecule has 0 fully saturated rings. The first-order valence-corrected chi connectivity index (χ1v) is 9.86. The van der Waals surface area contributed by atoms with E-state index in [1.807, 2.05) is 29.2 Å². The van der Waals surface area contributed by atoms with Crippen molar-refractivity contribution in [1.29, 1.82) is 0 Å². The van der Waals surface area contributed by atoms with Crippen LogP contribution in [0.15, 0.2) is 47.5 Å². The van der Waals surface area contributed by atoms with E-state index in [0.29, 0.717) is 17.1 Å². The zero-order valence-corrected chi connectivity index (χ0v) is 17.3. The number of hydrogen-bond donors (Lipinski definition) is 0. The lowest BCUT2D eigenvalue weighted by Gasteiger charge is -2.26. The number of methoxy groups -OCH3 is 3. The molecular formula is C23H28N2O4. The first-order chi connectivity index (χ1) is 14.2. The summed E-state index contributed by atoms with van der Waals surface area (Å²) in [6.07, 6.45) is 4.19. The van der Waals surface area contributed by atoms with Gasteiger partial charge in [0.25, 0.3) is 0 Å². The van der Waals surface area contributed by atoms with Gasteiger partial charge in [0.05, 0.1) is 27.9 Å². The first-order valence-electron chi connectivity index (χ1n) is 9.86. The Balaban J connectivity index is 1.89. The van der Waals surface area contributed by atoms with Crippen molar-refractivity contribution in [1.82, 2.24) is 0 Å². The maximum Gasteiger partial charge on any atom is 0.182 e. The van der Waals surface area contributed by atoms with E-state index in [2.05, 4.69) is 0 Å². The quantitative estimate of drug-likeness (QED) is 0.650. The molecule has 6 nitrogen and oxygen atoms in total. The number of anilines is 1. The highest BCUT2D eigenvalue weighted by Crippen LogP contribution is 2.28. The molecule has 0 amide bonds. The molecule has 154 valence electrons. The normalized spacial score (nSPS) is 13.8. The predicted molar refractivity (Wildman–Crippen MR) is 115 cm³/mol. The van der Waals surface area contributed by atoms with Gasteiger partial charge in [0.2, 0.25) is 0 Å². The summed E-state index contributed by atoms with van der Waals surface area (Å²) in [6, 6.07) is 13.0. The van der Waals surface area contributed by atoms with Crippen molar-refractivity contribution in [2.45, 2.75) is 25.7 Å². The number of benzene rings is 2. The Morgan fingerprint density at radius 2 is 1.69 bits per heavy atom. The van der Waals surface area contributed by atoms with E-state index in [4.69, 9.17) is 19.2 Å². The third-order valence-corrected chi connectivity index (χ3v) is 5.06. The number of ether oxygens (including phenoxy) is 3. The van der Waals surface area contributed by atoms with Crippen molar-refractivity contribution in [2.24, 2.45) is 4.99 Å². The molecule has 0 bridgehead atoms. The number of nitrogens with zero attached hydrogens (tertiary/aromatic N) is 2. The molecule has 3 rings (SSSR count). The molecule has 29 heavy (non-hydrogen) atoms. The Morgan fingerprint density at radius 3 is 2.38 bits per heavy atom. The van der Waals surface area contributed by atoms with Gasteiger partial charge in [-0.3, -0.25) is 9.79 Å². The smallest absolute Gasteiger partial charge is 0.182 e. The summed E-state index contributed by atoms with van der Waals surface area (Å²) in [5.41, 5.74) is 1.51. The summed E-state index contributed by atoms with van der Waals surface area (Å²) in [5.74, 6) is 2.88. The van der Waals surface area contributed by atoms with Gasteiger partial charge in [-0.2, -0.15) is 0 Å². The van der Waals surface area contributed by atoms with Gasteiger partial charge in [-0.05, 0) is 55.3 Å². The van der Waals surface area contributed by atoms with E-state index in [9.17, 15) is 4.79 Å². The molecule has 1 aliphatic rings. The summed E-state index contributed by atoms with van der Waals surface area (Å²) >= 11 is 0. The molecule has 0 unspecified atom stereocenters. The monoisotopic (exact) mass is 396 g/mol. The maximum absolute atomic E-state index is 13.1. The highest BCUT2D eigenvalue weighted by Gasteiger charge is 2.20. The van der Waals surface area contributed by atoms with E-state index in [-0.39, 0.29) is 12.3 Å². The number of aliphatic imine (C=N–C) groups is 1. The second-order valence-corrected chi connectivity index (χ2v) is 6.89. The molecule has 0 radical (unpaired) electrons. The van der Waals surface area contributed by atoms with E-state index < -0.39 is 0 Å². The molecule has 2 aromatic carbocycles. The number of rotatable bonds is 7. The number of ketones is 1. The molecule has 0 saturated heterocycles. The maximum atomic E-state index is 13.1.